The summed E-state index contributed by atoms with van der Waals surface area (Å²) < 4.78 is 9.90. The van der Waals surface area contributed by atoms with E-state index in [-0.39, 0.29) is 30.7 Å². The van der Waals surface area contributed by atoms with Gasteiger partial charge in [0.1, 0.15) is 0 Å². The molecule has 0 bridgehead atoms. The molecule has 1 saturated heterocycles. The van der Waals surface area contributed by atoms with Gasteiger partial charge in [0.05, 0.1) is 18.2 Å². The van der Waals surface area contributed by atoms with Crippen LogP contribution in [0.3, 0.4) is 0 Å². The first-order chi connectivity index (χ1) is 22.8. The van der Waals surface area contributed by atoms with E-state index in [1.807, 2.05) is 77.1 Å². The zero-order valence-corrected chi connectivity index (χ0v) is 31.4. The predicted octanol–water partition coefficient (Wildman–Crippen LogP) is 9.56. The van der Waals surface area contributed by atoms with Gasteiger partial charge >= 0.3 is 6.03 Å². The Bertz CT molecular complexity index is 1040. The highest BCUT2D eigenvalue weighted by atomic mass is 16.7. The number of allylic oxidation sites excluding steroid dienone is 3. The molecule has 1 aromatic rings. The topological polar surface area (TPSA) is 97.1 Å². The number of nitrogens with zero attached hydrogens (tertiary/aromatic N) is 2. The van der Waals surface area contributed by atoms with Crippen LogP contribution in [0.4, 0.5) is 10.5 Å². The van der Waals surface area contributed by atoms with Crippen molar-refractivity contribution in [1.82, 2.24) is 15.1 Å². The van der Waals surface area contributed by atoms with Crippen LogP contribution in [0.5, 0.6) is 0 Å². The number of nitrogens with two attached hydrogens (primary N) is 1. The summed E-state index contributed by atoms with van der Waals surface area (Å²) >= 11 is 0. The summed E-state index contributed by atoms with van der Waals surface area (Å²) in [6.07, 6.45) is 16.2. The van der Waals surface area contributed by atoms with Gasteiger partial charge in [-0.1, -0.05) is 106 Å². The third-order valence-corrected chi connectivity index (χ3v) is 7.05. The molecule has 8 heteroatoms. The minimum absolute atomic E-state index is 0.00182. The van der Waals surface area contributed by atoms with E-state index in [9.17, 15) is 9.59 Å². The lowest BCUT2D eigenvalue weighted by atomic mass is 9.96. The maximum absolute atomic E-state index is 12.5. The molecule has 1 heterocycles. The normalized spacial score (nSPS) is 14.5. The molecule has 3 N–H and O–H groups in total. The standard InChI is InChI=1S/C21H34N2O4.C14H22N2.2C2H6/c1-5-11-18(13-9-8-10-14-27-16-26-4)19(12-6-2)22-21(25)23-15-17(7-3)20(23)24;1-4-10-16(11-5-2)12(3)13-6-8-14(15)9-7-13;2*1-2/h9-11,13-14,17,19H,5-8,12,15-16H2,1-4H3,(H,22,25);6-9H,3-5,10-11,15H2,1-2H3;2*1-2H3/b13-9?,14-10+,18-11+;;;/t17-,19?;;;/m0.../s1. The SMILES string of the molecule is C=C(c1ccc(N)cc1)N(CCC)CCC.CC.CC.CC/C=C(\C=CC/C=C/OCOC)C(CCC)NC(=O)N1C[C@H](CC)C1=O. The lowest BCUT2D eigenvalue weighted by Gasteiger charge is -2.37. The Hall–Kier alpha value is -3.52. The number of carbonyl (C=O) groups excluding carboxylic acids is 2. The second-order valence-corrected chi connectivity index (χ2v) is 10.6. The van der Waals surface area contributed by atoms with E-state index in [1.165, 1.54) is 4.90 Å². The van der Waals surface area contributed by atoms with Crippen LogP contribution in [0.1, 0.15) is 113 Å². The van der Waals surface area contributed by atoms with Crippen LogP contribution in [0, 0.1) is 5.92 Å². The Morgan fingerprint density at radius 1 is 1.04 bits per heavy atom. The molecular weight excluding hydrogens is 588 g/mol. The van der Waals surface area contributed by atoms with E-state index in [4.69, 9.17) is 15.2 Å². The maximum atomic E-state index is 12.5. The van der Waals surface area contributed by atoms with Gasteiger partial charge in [0.25, 0.3) is 0 Å². The molecule has 1 aliphatic rings. The summed E-state index contributed by atoms with van der Waals surface area (Å²) in [6.45, 7) is 25.6. The van der Waals surface area contributed by atoms with Gasteiger partial charge in [-0.2, -0.15) is 0 Å². The van der Waals surface area contributed by atoms with E-state index >= 15 is 0 Å². The molecule has 0 saturated carbocycles. The number of hydrogen-bond donors (Lipinski definition) is 2. The maximum Gasteiger partial charge on any atom is 0.324 e. The Morgan fingerprint density at radius 2 is 1.66 bits per heavy atom. The monoisotopic (exact) mass is 657 g/mol. The summed E-state index contributed by atoms with van der Waals surface area (Å²) in [5.41, 5.74) is 9.81. The fourth-order valence-electron chi connectivity index (χ4n) is 4.68. The highest BCUT2D eigenvalue weighted by Crippen LogP contribution is 2.22. The molecule has 0 aromatic heterocycles. The predicted molar refractivity (Wildman–Crippen MR) is 202 cm³/mol. The van der Waals surface area contributed by atoms with Crippen LogP contribution in [-0.2, 0) is 14.3 Å². The van der Waals surface area contributed by atoms with E-state index in [0.717, 1.165) is 80.6 Å². The Balaban J connectivity index is 0. The van der Waals surface area contributed by atoms with E-state index < -0.39 is 0 Å². The third kappa shape index (κ3) is 18.4. The zero-order valence-electron chi connectivity index (χ0n) is 31.4. The lowest BCUT2D eigenvalue weighted by Crippen LogP contribution is -2.59. The molecule has 1 aromatic carbocycles. The summed E-state index contributed by atoms with van der Waals surface area (Å²) in [5, 5.41) is 3.04. The molecule has 2 atom stereocenters. The number of β-lactam (4-membered cyclic amide) rings is 1. The lowest BCUT2D eigenvalue weighted by molar-refractivity contribution is -0.143. The van der Waals surface area contributed by atoms with Gasteiger partial charge in [0.2, 0.25) is 5.91 Å². The number of carbonyl (C=O) groups is 2. The van der Waals surface area contributed by atoms with Crippen LogP contribution in [0.2, 0.25) is 0 Å². The quantitative estimate of drug-likeness (QED) is 0.0408. The Morgan fingerprint density at radius 3 is 2.15 bits per heavy atom. The minimum atomic E-state index is -0.286. The molecule has 0 radical (unpaired) electrons. The van der Waals surface area contributed by atoms with Crippen molar-refractivity contribution in [2.24, 2.45) is 5.92 Å². The van der Waals surface area contributed by atoms with Crippen molar-refractivity contribution in [3.63, 3.8) is 0 Å². The van der Waals surface area contributed by atoms with Gasteiger partial charge < -0.3 is 25.4 Å². The molecule has 1 aliphatic heterocycles. The summed E-state index contributed by atoms with van der Waals surface area (Å²) in [5.74, 6) is -0.0685. The first-order valence-electron chi connectivity index (χ1n) is 17.8. The molecule has 2 rings (SSSR count). The number of likely N-dealkylation sites (tertiary alicyclic amines) is 1. The van der Waals surface area contributed by atoms with Gasteiger partial charge in [-0.3, -0.25) is 9.69 Å². The van der Waals surface area contributed by atoms with Crippen LogP contribution in [0.15, 0.2) is 67.0 Å². The van der Waals surface area contributed by atoms with E-state index in [0.29, 0.717) is 6.54 Å². The fraction of sp³-hybridized carbons (Fsp3) is 0.590. The van der Waals surface area contributed by atoms with E-state index in [2.05, 4.69) is 50.6 Å². The van der Waals surface area contributed by atoms with Crippen LogP contribution >= 0.6 is 0 Å². The number of anilines is 1. The van der Waals surface area contributed by atoms with Gasteiger partial charge in [-0.05, 0) is 67.9 Å². The first kappa shape index (κ1) is 45.6. The largest absolute Gasteiger partial charge is 0.475 e. The highest BCUT2D eigenvalue weighted by molar-refractivity contribution is 6.00. The average Bonchev–Trinajstić information content (AvgIpc) is 3.08. The molecule has 0 spiro atoms. The molecule has 0 aliphatic carbocycles. The van der Waals surface area contributed by atoms with Crippen LogP contribution in [0.25, 0.3) is 5.70 Å². The second-order valence-electron chi connectivity index (χ2n) is 10.6. The van der Waals surface area contributed by atoms with Crippen molar-refractivity contribution in [2.45, 2.75) is 113 Å². The van der Waals surface area contributed by atoms with Gasteiger partial charge in [-0.25, -0.2) is 4.79 Å². The molecule has 3 amide bonds. The van der Waals surface area contributed by atoms with Crippen molar-refractivity contribution < 1.29 is 19.1 Å². The molecule has 1 fully saturated rings. The first-order valence-corrected chi connectivity index (χ1v) is 17.8. The van der Waals surface area contributed by atoms with Gasteiger partial charge in [0, 0.05) is 38.1 Å². The molecule has 268 valence electrons. The number of ether oxygens (including phenoxy) is 2. The smallest absolute Gasteiger partial charge is 0.324 e. The van der Waals surface area contributed by atoms with Crippen molar-refractivity contribution in [3.05, 3.63) is 72.5 Å². The number of nitrogens with one attached hydrogen (secondary N) is 1. The van der Waals surface area contributed by atoms with Crippen molar-refractivity contribution in [3.8, 4) is 0 Å². The number of amides is 3. The number of benzene rings is 1. The summed E-state index contributed by atoms with van der Waals surface area (Å²) in [7, 11) is 1.58. The zero-order chi connectivity index (χ0) is 36.0. The van der Waals surface area contributed by atoms with Crippen molar-refractivity contribution in [2.75, 3.05) is 39.3 Å². The second kappa shape index (κ2) is 29.9. The summed E-state index contributed by atoms with van der Waals surface area (Å²) in [6, 6.07) is 7.55. The molecule has 47 heavy (non-hydrogen) atoms. The van der Waals surface area contributed by atoms with Crippen LogP contribution in [-0.4, -0.2) is 61.3 Å². The highest BCUT2D eigenvalue weighted by Gasteiger charge is 2.39. The van der Waals surface area contributed by atoms with Gasteiger partial charge in [0.15, 0.2) is 6.79 Å². The number of hydrogen-bond acceptors (Lipinski definition) is 6. The summed E-state index contributed by atoms with van der Waals surface area (Å²) in [4.78, 5) is 28.1. The fourth-order valence-corrected chi connectivity index (χ4v) is 4.68. The third-order valence-electron chi connectivity index (χ3n) is 7.05. The Kier molecular flexibility index (Phi) is 29.0. The minimum Gasteiger partial charge on any atom is -0.475 e. The number of nitrogen functional groups attached to an aromatic ring is 1. The number of methoxy groups -OCH3 is 1. The van der Waals surface area contributed by atoms with Crippen molar-refractivity contribution in [1.29, 1.82) is 0 Å². The van der Waals surface area contributed by atoms with Crippen molar-refractivity contribution >= 4 is 23.3 Å². The van der Waals surface area contributed by atoms with E-state index in [1.54, 1.807) is 13.4 Å². The molecular formula is C39H68N4O4. The molecule has 1 unspecified atom stereocenters. The van der Waals surface area contributed by atoms with Crippen LogP contribution < -0.4 is 11.1 Å². The number of imide groups is 1. The number of rotatable bonds is 18. The van der Waals surface area contributed by atoms with Gasteiger partial charge in [-0.15, -0.1) is 0 Å². The Labute approximate surface area is 288 Å². The molecule has 8 nitrogen and oxygen atoms in total. The number of urea groups is 1. The average molecular weight is 657 g/mol.